The molecule has 5 rings (SSSR count). The Hall–Kier alpha value is -2.39. The highest BCUT2D eigenvalue weighted by Gasteiger charge is 2.36. The normalized spacial score (nSPS) is 22.8. The van der Waals surface area contributed by atoms with Crippen LogP contribution in [0.1, 0.15) is 73.9 Å². The molecule has 0 saturated carbocycles. The van der Waals surface area contributed by atoms with Gasteiger partial charge in [-0.25, -0.2) is 9.37 Å². The highest BCUT2D eigenvalue weighted by Crippen LogP contribution is 2.34. The topological polar surface area (TPSA) is 83.9 Å². The van der Waals surface area contributed by atoms with Crippen LogP contribution in [-0.4, -0.2) is 65.8 Å². The Labute approximate surface area is 231 Å². The molecule has 2 aromatic rings. The number of halogens is 1. The third kappa shape index (κ3) is 7.04. The second-order valence-electron chi connectivity index (χ2n) is 11.3. The predicted molar refractivity (Wildman–Crippen MR) is 148 cm³/mol. The summed E-state index contributed by atoms with van der Waals surface area (Å²) in [5, 5.41) is 14.4. The van der Waals surface area contributed by atoms with Crippen LogP contribution in [0.4, 0.5) is 10.2 Å². The Bertz CT molecular complexity index is 1120. The molecule has 0 amide bonds. The molecule has 4 atom stereocenters. The van der Waals surface area contributed by atoms with Crippen LogP contribution in [0, 0.1) is 11.7 Å². The first-order chi connectivity index (χ1) is 19.0. The van der Waals surface area contributed by atoms with Gasteiger partial charge in [-0.15, -0.1) is 0 Å². The molecule has 3 aliphatic rings. The molecular formula is C31H42FN3O4. The zero-order valence-corrected chi connectivity index (χ0v) is 23.0. The maximum absolute atomic E-state index is 14.9. The minimum atomic E-state index is -0.542. The summed E-state index contributed by atoms with van der Waals surface area (Å²) in [6, 6.07) is 8.71. The second-order valence-corrected chi connectivity index (χ2v) is 11.3. The molecule has 0 bridgehead atoms. The Morgan fingerprint density at radius 3 is 3.00 bits per heavy atom. The van der Waals surface area contributed by atoms with Crippen molar-refractivity contribution in [1.29, 1.82) is 0 Å². The highest BCUT2D eigenvalue weighted by molar-refractivity contribution is 5.83. The van der Waals surface area contributed by atoms with Crippen LogP contribution in [0.15, 0.2) is 30.3 Å². The quantitative estimate of drug-likeness (QED) is 0.381. The molecule has 2 fully saturated rings. The number of Topliss-reactive ketones (excluding diaryl/α,β-unsaturated/α-hetero) is 1. The van der Waals surface area contributed by atoms with Crippen molar-refractivity contribution in [3.8, 4) is 0 Å². The minimum Gasteiger partial charge on any atom is -0.393 e. The van der Waals surface area contributed by atoms with Gasteiger partial charge in [-0.2, -0.15) is 0 Å². The first kappa shape index (κ1) is 28.1. The van der Waals surface area contributed by atoms with E-state index in [0.717, 1.165) is 69.4 Å². The Kier molecular flexibility index (Phi) is 9.61. The summed E-state index contributed by atoms with van der Waals surface area (Å²) in [5.41, 5.74) is 3.52. The van der Waals surface area contributed by atoms with Crippen LogP contribution < -0.4 is 5.32 Å². The van der Waals surface area contributed by atoms with Crippen molar-refractivity contribution >= 4 is 11.6 Å². The highest BCUT2D eigenvalue weighted by atomic mass is 19.1. The number of likely N-dealkylation sites (tertiary alicyclic amines) is 1. The van der Waals surface area contributed by atoms with Crippen LogP contribution in [0.5, 0.6) is 0 Å². The van der Waals surface area contributed by atoms with E-state index in [1.165, 1.54) is 11.6 Å². The van der Waals surface area contributed by atoms with Gasteiger partial charge in [0.2, 0.25) is 0 Å². The smallest absolute Gasteiger partial charge is 0.151 e. The van der Waals surface area contributed by atoms with Crippen molar-refractivity contribution < 1.29 is 23.8 Å². The number of nitrogens with zero attached hydrogens (tertiary/aromatic N) is 2. The van der Waals surface area contributed by atoms with Crippen molar-refractivity contribution in [3.63, 3.8) is 0 Å². The third-order valence-electron chi connectivity index (χ3n) is 8.49. The van der Waals surface area contributed by atoms with E-state index < -0.39 is 12.1 Å². The molecule has 3 aliphatic heterocycles. The number of pyridine rings is 1. The number of carbonyl (C=O) groups excluding carboxylic acids is 1. The van der Waals surface area contributed by atoms with Gasteiger partial charge in [0.15, 0.2) is 5.78 Å². The molecular weight excluding hydrogens is 497 g/mol. The fraction of sp³-hybridized carbons (Fsp3) is 0.613. The Morgan fingerprint density at radius 2 is 2.18 bits per heavy atom. The zero-order chi connectivity index (χ0) is 27.2. The summed E-state index contributed by atoms with van der Waals surface area (Å²) in [4.78, 5) is 19.8. The third-order valence-corrected chi connectivity index (χ3v) is 8.49. The van der Waals surface area contributed by atoms with Crippen LogP contribution in [-0.2, 0) is 33.7 Å². The summed E-state index contributed by atoms with van der Waals surface area (Å²) in [5.74, 6) is 0.762. The molecule has 2 N–H and O–H groups in total. The number of hydrogen-bond acceptors (Lipinski definition) is 7. The maximum atomic E-state index is 14.9. The average Bonchev–Trinajstić information content (AvgIpc) is 3.63. The van der Waals surface area contributed by atoms with Gasteiger partial charge >= 0.3 is 0 Å². The number of benzene rings is 1. The van der Waals surface area contributed by atoms with Crippen molar-refractivity contribution in [2.24, 2.45) is 5.92 Å². The van der Waals surface area contributed by atoms with Crippen molar-refractivity contribution in [1.82, 2.24) is 9.88 Å². The molecule has 212 valence electrons. The van der Waals surface area contributed by atoms with Gasteiger partial charge in [0, 0.05) is 31.0 Å². The van der Waals surface area contributed by atoms with Crippen LogP contribution >= 0.6 is 0 Å². The number of aryl methyl sites for hydroxylation is 2. The van der Waals surface area contributed by atoms with Gasteiger partial charge in [-0.05, 0) is 87.6 Å². The van der Waals surface area contributed by atoms with E-state index in [0.29, 0.717) is 37.4 Å². The molecule has 39 heavy (non-hydrogen) atoms. The number of aliphatic hydroxyl groups is 1. The van der Waals surface area contributed by atoms with Gasteiger partial charge in [0.25, 0.3) is 0 Å². The largest absolute Gasteiger partial charge is 0.393 e. The number of ketones is 1. The number of aromatic nitrogens is 1. The second kappa shape index (κ2) is 13.3. The number of anilines is 1. The molecule has 7 nitrogen and oxygen atoms in total. The molecule has 0 radical (unpaired) electrons. The van der Waals surface area contributed by atoms with Crippen molar-refractivity contribution in [2.75, 3.05) is 38.2 Å². The van der Waals surface area contributed by atoms with Crippen LogP contribution in [0.25, 0.3) is 0 Å². The number of ether oxygens (including phenoxy) is 2. The number of hydrogen-bond donors (Lipinski definition) is 2. The molecule has 0 spiro atoms. The van der Waals surface area contributed by atoms with E-state index in [9.17, 15) is 14.3 Å². The van der Waals surface area contributed by atoms with E-state index in [4.69, 9.17) is 14.5 Å². The van der Waals surface area contributed by atoms with Gasteiger partial charge in [-0.1, -0.05) is 24.6 Å². The number of unbranched alkanes of at least 4 members (excludes halogenated alkanes) is 1. The standard InChI is InChI=1S/C31H42FN3O4/c1-21(36)30(26-8-4-9-28(32)27(26)20-39-25-14-17-38-19-25)35-16-13-23(18-35)29(37)10-3-2-7-24-12-11-22-6-5-15-33-31(22)34-24/h4,8-9,11-12,23,25,29-30,37H,2-3,5-7,10,13-20H2,1H3,(H,33,34). The lowest BCUT2D eigenvalue weighted by atomic mass is 9.95. The lowest BCUT2D eigenvalue weighted by Gasteiger charge is -2.29. The molecule has 2 saturated heterocycles. The maximum Gasteiger partial charge on any atom is 0.151 e. The molecule has 4 unspecified atom stereocenters. The van der Waals surface area contributed by atoms with E-state index >= 15 is 0 Å². The molecule has 8 heteroatoms. The minimum absolute atomic E-state index is 0.0202. The van der Waals surface area contributed by atoms with Gasteiger partial charge in [0.05, 0.1) is 31.5 Å². The summed E-state index contributed by atoms with van der Waals surface area (Å²) in [7, 11) is 0. The SMILES string of the molecule is CC(=O)C(c1cccc(F)c1COC1CCOC1)N1CCC(C(O)CCCCc2ccc3c(n2)NCCC3)C1. The van der Waals surface area contributed by atoms with E-state index in [1.807, 2.05) is 6.07 Å². The average molecular weight is 540 g/mol. The lowest BCUT2D eigenvalue weighted by Crippen LogP contribution is -2.34. The first-order valence-corrected chi connectivity index (χ1v) is 14.6. The van der Waals surface area contributed by atoms with Crippen molar-refractivity contribution in [2.45, 2.75) is 83.1 Å². The van der Waals surface area contributed by atoms with E-state index in [1.54, 1.807) is 13.0 Å². The lowest BCUT2D eigenvalue weighted by molar-refractivity contribution is -0.122. The van der Waals surface area contributed by atoms with Gasteiger partial charge in [-0.3, -0.25) is 9.69 Å². The molecule has 4 heterocycles. The monoisotopic (exact) mass is 539 g/mol. The summed E-state index contributed by atoms with van der Waals surface area (Å²) in [6.07, 6.45) is 6.95. The summed E-state index contributed by atoms with van der Waals surface area (Å²) >= 11 is 0. The van der Waals surface area contributed by atoms with Crippen LogP contribution in [0.2, 0.25) is 0 Å². The summed E-state index contributed by atoms with van der Waals surface area (Å²) < 4.78 is 26.2. The fourth-order valence-corrected chi connectivity index (χ4v) is 6.27. The Balaban J connectivity index is 1.14. The number of fused-ring (bicyclic) bond motifs is 1. The fourth-order valence-electron chi connectivity index (χ4n) is 6.27. The van der Waals surface area contributed by atoms with E-state index in [-0.39, 0.29) is 30.2 Å². The summed E-state index contributed by atoms with van der Waals surface area (Å²) in [6.45, 7) is 5.18. The zero-order valence-electron chi connectivity index (χ0n) is 23.0. The first-order valence-electron chi connectivity index (χ1n) is 14.6. The number of carbonyl (C=O) groups is 1. The Morgan fingerprint density at radius 1 is 1.28 bits per heavy atom. The molecule has 1 aromatic heterocycles. The van der Waals surface area contributed by atoms with Gasteiger partial charge in [0.1, 0.15) is 11.6 Å². The number of rotatable bonds is 12. The van der Waals surface area contributed by atoms with Crippen molar-refractivity contribution in [3.05, 3.63) is 58.5 Å². The predicted octanol–water partition coefficient (Wildman–Crippen LogP) is 4.61. The van der Waals surface area contributed by atoms with Gasteiger partial charge < -0.3 is 19.9 Å². The van der Waals surface area contributed by atoms with E-state index in [2.05, 4.69) is 22.3 Å². The molecule has 1 aromatic carbocycles. The number of nitrogens with one attached hydrogen (secondary N) is 1. The molecule has 0 aliphatic carbocycles. The van der Waals surface area contributed by atoms with Crippen LogP contribution in [0.3, 0.4) is 0 Å². The number of aliphatic hydroxyl groups excluding tert-OH is 1.